The van der Waals surface area contributed by atoms with Crippen LogP contribution in [0.1, 0.15) is 127 Å². The molecule has 11 heteroatoms. The Balaban J connectivity index is 2.17. The first kappa shape index (κ1) is 38.2. The molecule has 8 nitrogen and oxygen atoms in total. The average molecular weight is 760 g/mol. The summed E-state index contributed by atoms with van der Waals surface area (Å²) in [7, 11) is -5.49. The van der Waals surface area contributed by atoms with Crippen molar-refractivity contribution in [2.45, 2.75) is 175 Å². The summed E-state index contributed by atoms with van der Waals surface area (Å²) >= 11 is -3.21. The minimum atomic E-state index is -3.21. The monoisotopic (exact) mass is 760 g/mol. The maximum absolute atomic E-state index is 13.9. The topological polar surface area (TPSA) is 91.8 Å². The van der Waals surface area contributed by atoms with Crippen LogP contribution in [0, 0.1) is 0 Å². The van der Waals surface area contributed by atoms with E-state index in [9.17, 15) is 9.59 Å². The summed E-state index contributed by atoms with van der Waals surface area (Å²) in [6, 6.07) is 1.79. The summed E-state index contributed by atoms with van der Waals surface area (Å²) in [4.78, 5) is 29.5. The molecule has 0 radical (unpaired) electrons. The van der Waals surface area contributed by atoms with Crippen LogP contribution >= 0.6 is 0 Å². The summed E-state index contributed by atoms with van der Waals surface area (Å²) < 4.78 is 34.9. The molecule has 3 atom stereocenters. The molecule has 2 saturated heterocycles. The van der Waals surface area contributed by atoms with Crippen LogP contribution in [0.2, 0.25) is 35.5 Å². The van der Waals surface area contributed by atoms with E-state index in [0.717, 1.165) is 55.5 Å². The Hall–Kier alpha value is -0.248. The van der Waals surface area contributed by atoms with Gasteiger partial charge in [0.25, 0.3) is 0 Å². The van der Waals surface area contributed by atoms with Gasteiger partial charge in [0.15, 0.2) is 0 Å². The zero-order chi connectivity index (χ0) is 32.9. The fourth-order valence-electron chi connectivity index (χ4n) is 7.80. The predicted octanol–water partition coefficient (Wildman–Crippen LogP) is 7.84. The first-order valence-electron chi connectivity index (χ1n) is 17.8. The molecule has 2 aliphatic rings. The van der Waals surface area contributed by atoms with Gasteiger partial charge in [0.05, 0.1) is 0 Å². The van der Waals surface area contributed by atoms with E-state index in [2.05, 4.69) is 81.1 Å². The second kappa shape index (κ2) is 16.2. The molecule has 0 aliphatic carbocycles. The number of ether oxygens (including phenoxy) is 1. The number of hydrogen-bond acceptors (Lipinski definition) is 6. The van der Waals surface area contributed by atoms with Crippen LogP contribution in [-0.2, 0) is 17.7 Å². The van der Waals surface area contributed by atoms with Gasteiger partial charge in [0, 0.05) is 0 Å². The van der Waals surface area contributed by atoms with E-state index in [1.54, 1.807) is 6.07 Å². The van der Waals surface area contributed by atoms with Crippen LogP contribution in [0.25, 0.3) is 0 Å². The minimum absolute atomic E-state index is 0.223. The summed E-state index contributed by atoms with van der Waals surface area (Å²) in [6.45, 7) is 25.0. The van der Waals surface area contributed by atoms with Crippen LogP contribution in [0.5, 0.6) is 0 Å². The molecule has 0 unspecified atom stereocenters. The molecular weight excluding hydrogens is 695 g/mol. The second-order valence-corrected chi connectivity index (χ2v) is 36.7. The molecule has 0 saturated carbocycles. The number of nitrogens with one attached hydrogen (secondary N) is 1. The SMILES string of the molecule is CCC[CH2][Sn]([CH2]CCC)([CH2]CCC)[c]1cc(=O)[nH]c(=O)n1[C@H]1C[C@@H]2O[Si](C(C)C)(C(C)C)O[Si](C(C)C)(C(C)C)OC[C@H]2O1. The molecule has 1 aromatic rings. The molecule has 2 fully saturated rings. The molecule has 0 aromatic carbocycles. The third-order valence-electron chi connectivity index (χ3n) is 10.4. The Labute approximate surface area is 273 Å². The summed E-state index contributed by atoms with van der Waals surface area (Å²) in [5.41, 5.74) is 0.339. The van der Waals surface area contributed by atoms with Gasteiger partial charge in [-0.3, -0.25) is 0 Å². The standard InChI is InChI=1S/C21H37N2O6Si2.3C4H9.Sn/c1-13(2)30(14(3)4)26-12-18-17(28-31(29-30,15(5)6)16(7)8)11-20(27-18)23-10-9-19(24)22-21(23)25;3*1-3-4-2;/h9,13-18,20H,11-12H2,1-8H3,(H,22,24,25);3*1,3-4H2,2H3;/t17-,18+,20+;;;;/m0..../s1. The fraction of sp³-hybridized carbons (Fsp3) is 0.879. The Morgan fingerprint density at radius 2 is 1.32 bits per heavy atom. The van der Waals surface area contributed by atoms with Gasteiger partial charge >= 0.3 is 275 Å². The summed E-state index contributed by atoms with van der Waals surface area (Å²) in [5, 5.41) is 0. The zero-order valence-corrected chi connectivity index (χ0v) is 34.6. The van der Waals surface area contributed by atoms with Crippen molar-refractivity contribution in [1.29, 1.82) is 0 Å². The molecule has 3 rings (SSSR count). The van der Waals surface area contributed by atoms with Crippen molar-refractivity contribution in [2.75, 3.05) is 6.61 Å². The van der Waals surface area contributed by atoms with E-state index in [0.29, 0.717) is 13.0 Å². The van der Waals surface area contributed by atoms with Crippen LogP contribution in [-0.4, -0.2) is 63.9 Å². The van der Waals surface area contributed by atoms with Gasteiger partial charge < -0.3 is 0 Å². The van der Waals surface area contributed by atoms with E-state index in [4.69, 9.17) is 17.7 Å². The number of unbranched alkanes of at least 4 members (excludes halogenated alkanes) is 3. The van der Waals surface area contributed by atoms with Crippen molar-refractivity contribution in [2.24, 2.45) is 0 Å². The summed E-state index contributed by atoms with van der Waals surface area (Å²) in [6.07, 6.45) is 6.32. The van der Waals surface area contributed by atoms with Gasteiger partial charge in [0.2, 0.25) is 0 Å². The van der Waals surface area contributed by atoms with Crippen molar-refractivity contribution >= 4 is 39.2 Å². The Bertz CT molecular complexity index is 1130. The third kappa shape index (κ3) is 7.89. The van der Waals surface area contributed by atoms with Gasteiger partial charge in [-0.15, -0.1) is 0 Å². The van der Waals surface area contributed by atoms with Crippen molar-refractivity contribution < 1.29 is 17.7 Å². The number of rotatable bonds is 15. The van der Waals surface area contributed by atoms with E-state index >= 15 is 0 Å². The van der Waals surface area contributed by atoms with Gasteiger partial charge in [-0.2, -0.15) is 0 Å². The predicted molar refractivity (Wildman–Crippen MR) is 188 cm³/mol. The molecule has 1 N–H and O–H groups in total. The Kier molecular flexibility index (Phi) is 14.1. The van der Waals surface area contributed by atoms with E-state index < -0.39 is 41.7 Å². The normalized spacial score (nSPS) is 23.8. The molecule has 44 heavy (non-hydrogen) atoms. The van der Waals surface area contributed by atoms with Crippen LogP contribution in [0.15, 0.2) is 15.7 Å². The van der Waals surface area contributed by atoms with Gasteiger partial charge in [-0.05, 0) is 0 Å². The maximum atomic E-state index is 13.9. The number of aromatic nitrogens is 2. The fourth-order valence-corrected chi connectivity index (χ4v) is 35.6. The molecular formula is C33H64N2O6Si2Sn. The first-order chi connectivity index (χ1) is 20.7. The number of H-pyrrole nitrogens is 1. The quantitative estimate of drug-likeness (QED) is 0.184. The van der Waals surface area contributed by atoms with Crippen molar-refractivity contribution in [3.63, 3.8) is 0 Å². The number of fused-ring (bicyclic) bond motifs is 1. The first-order valence-corrected chi connectivity index (χ1v) is 29.2. The Morgan fingerprint density at radius 3 is 1.77 bits per heavy atom. The van der Waals surface area contributed by atoms with E-state index in [-0.39, 0.29) is 45.6 Å². The molecule has 0 spiro atoms. The molecule has 2 aliphatic heterocycles. The van der Waals surface area contributed by atoms with Gasteiger partial charge in [-0.25, -0.2) is 0 Å². The third-order valence-corrected chi connectivity index (χ3v) is 36.1. The number of hydrogen-bond donors (Lipinski definition) is 1. The van der Waals surface area contributed by atoms with Crippen molar-refractivity contribution in [3.8, 4) is 0 Å². The molecule has 1 aromatic heterocycles. The van der Waals surface area contributed by atoms with Gasteiger partial charge in [0.1, 0.15) is 0 Å². The van der Waals surface area contributed by atoms with Gasteiger partial charge in [-0.1, -0.05) is 0 Å². The molecule has 3 heterocycles. The van der Waals surface area contributed by atoms with E-state index in [1.807, 2.05) is 4.57 Å². The van der Waals surface area contributed by atoms with Crippen LogP contribution in [0.3, 0.4) is 0 Å². The van der Waals surface area contributed by atoms with Crippen molar-refractivity contribution in [3.05, 3.63) is 26.9 Å². The number of aromatic amines is 1. The molecule has 254 valence electrons. The molecule has 0 bridgehead atoms. The number of nitrogens with zero attached hydrogens (tertiary/aromatic N) is 1. The van der Waals surface area contributed by atoms with E-state index in [1.165, 1.54) is 0 Å². The second-order valence-electron chi connectivity index (χ2n) is 14.8. The zero-order valence-electron chi connectivity index (χ0n) is 29.8. The molecule has 0 amide bonds. The van der Waals surface area contributed by atoms with Crippen LogP contribution < -0.4 is 15.0 Å². The van der Waals surface area contributed by atoms with Crippen molar-refractivity contribution in [1.82, 2.24) is 9.55 Å². The summed E-state index contributed by atoms with van der Waals surface area (Å²) in [5.74, 6) is 0. The average Bonchev–Trinajstić information content (AvgIpc) is 3.33. The van der Waals surface area contributed by atoms with Crippen LogP contribution in [0.4, 0.5) is 0 Å². The Morgan fingerprint density at radius 1 is 0.818 bits per heavy atom.